The van der Waals surface area contributed by atoms with Crippen LogP contribution in [0.5, 0.6) is 5.75 Å². The van der Waals surface area contributed by atoms with Gasteiger partial charge < -0.3 is 15.0 Å². The van der Waals surface area contributed by atoms with Crippen molar-refractivity contribution in [3.63, 3.8) is 0 Å². The Hall–Kier alpha value is -2.24. The number of nitrogens with one attached hydrogen (secondary N) is 1. The van der Waals surface area contributed by atoms with Gasteiger partial charge in [0.05, 0.1) is 23.6 Å². The van der Waals surface area contributed by atoms with E-state index in [0.717, 1.165) is 17.7 Å². The van der Waals surface area contributed by atoms with Crippen molar-refractivity contribution in [2.45, 2.75) is 26.2 Å². The normalized spacial score (nSPS) is 18.3. The van der Waals surface area contributed by atoms with Crippen molar-refractivity contribution >= 4 is 35.0 Å². The van der Waals surface area contributed by atoms with Crippen molar-refractivity contribution in [1.82, 2.24) is 10.2 Å². The van der Waals surface area contributed by atoms with Gasteiger partial charge in [-0.15, -0.1) is 0 Å². The topological polar surface area (TPSA) is 58.6 Å². The third kappa shape index (κ3) is 5.72. The number of likely N-dealkylation sites (tertiary alicyclic amines) is 1. The highest BCUT2D eigenvalue weighted by Gasteiger charge is 2.41. The molecule has 2 atom stereocenters. The Bertz CT molecular complexity index is 948. The molecule has 166 valence electrons. The van der Waals surface area contributed by atoms with Gasteiger partial charge in [0, 0.05) is 30.6 Å². The molecule has 1 fully saturated rings. The van der Waals surface area contributed by atoms with Gasteiger partial charge in [0.25, 0.3) is 5.91 Å². The Kier molecular flexibility index (Phi) is 7.84. The molecule has 0 radical (unpaired) electrons. The molecule has 7 heteroatoms. The Morgan fingerprint density at radius 3 is 2.61 bits per heavy atom. The Morgan fingerprint density at radius 1 is 1.16 bits per heavy atom. The smallest absolute Gasteiger partial charge is 0.255 e. The lowest BCUT2D eigenvalue weighted by molar-refractivity contribution is -0.124. The minimum absolute atomic E-state index is 0.0361. The number of benzene rings is 2. The fourth-order valence-electron chi connectivity index (χ4n) is 3.89. The monoisotopic (exact) mass is 462 g/mol. The number of rotatable bonds is 7. The molecule has 2 aromatic rings. The van der Waals surface area contributed by atoms with Crippen molar-refractivity contribution in [2.75, 3.05) is 26.7 Å². The molecule has 3 rings (SSSR count). The van der Waals surface area contributed by atoms with E-state index in [1.165, 1.54) is 0 Å². The van der Waals surface area contributed by atoms with E-state index in [4.69, 9.17) is 27.9 Å². The van der Waals surface area contributed by atoms with Crippen molar-refractivity contribution in [3.05, 3.63) is 63.6 Å². The van der Waals surface area contributed by atoms with Crippen LogP contribution in [0.1, 0.15) is 42.1 Å². The lowest BCUT2D eigenvalue weighted by Crippen LogP contribution is -2.36. The zero-order valence-corrected chi connectivity index (χ0v) is 19.5. The van der Waals surface area contributed by atoms with Crippen molar-refractivity contribution in [1.29, 1.82) is 0 Å². The first-order valence-electron chi connectivity index (χ1n) is 10.5. The largest absolute Gasteiger partial charge is 0.497 e. The number of methoxy groups -OCH3 is 1. The summed E-state index contributed by atoms with van der Waals surface area (Å²) in [6.45, 7) is 5.61. The van der Waals surface area contributed by atoms with Gasteiger partial charge in [-0.3, -0.25) is 9.59 Å². The lowest BCUT2D eigenvalue weighted by atomic mass is 9.88. The molecular weight excluding hydrogens is 435 g/mol. The van der Waals surface area contributed by atoms with Crippen LogP contribution in [0, 0.1) is 11.8 Å². The molecule has 31 heavy (non-hydrogen) atoms. The summed E-state index contributed by atoms with van der Waals surface area (Å²) in [5.41, 5.74) is 1.36. The Balaban J connectivity index is 1.85. The van der Waals surface area contributed by atoms with Crippen LogP contribution in [0.15, 0.2) is 42.5 Å². The lowest BCUT2D eigenvalue weighted by Gasteiger charge is -2.19. The highest BCUT2D eigenvalue weighted by molar-refractivity contribution is 6.36. The van der Waals surface area contributed by atoms with Crippen LogP contribution < -0.4 is 10.1 Å². The van der Waals surface area contributed by atoms with E-state index in [-0.39, 0.29) is 23.7 Å². The fourth-order valence-corrected chi connectivity index (χ4v) is 4.38. The number of ether oxygens (including phenoxy) is 1. The SMILES string of the molecule is COc1cccc(C2CN(C(=O)c3ccc(Cl)cc3Cl)CC2C(=O)NCCC(C)C)c1. The molecule has 1 N–H and O–H groups in total. The summed E-state index contributed by atoms with van der Waals surface area (Å²) in [6.07, 6.45) is 0.908. The van der Waals surface area contributed by atoms with Crippen molar-refractivity contribution < 1.29 is 14.3 Å². The molecule has 1 saturated heterocycles. The van der Waals surface area contributed by atoms with Crippen LogP contribution in [0.4, 0.5) is 0 Å². The molecule has 0 spiro atoms. The maximum absolute atomic E-state index is 13.2. The second kappa shape index (κ2) is 10.4. The molecule has 0 bridgehead atoms. The summed E-state index contributed by atoms with van der Waals surface area (Å²) >= 11 is 12.2. The first-order chi connectivity index (χ1) is 14.8. The van der Waals surface area contributed by atoms with Gasteiger partial charge in [0.15, 0.2) is 0 Å². The number of halogens is 2. The van der Waals surface area contributed by atoms with E-state index in [9.17, 15) is 9.59 Å². The Labute approximate surface area is 193 Å². The zero-order valence-electron chi connectivity index (χ0n) is 18.0. The van der Waals surface area contributed by atoms with E-state index < -0.39 is 0 Å². The van der Waals surface area contributed by atoms with Gasteiger partial charge in [0.1, 0.15) is 5.75 Å². The molecule has 0 aromatic heterocycles. The number of carbonyl (C=O) groups is 2. The van der Waals surface area contributed by atoms with Gasteiger partial charge in [-0.2, -0.15) is 0 Å². The number of nitrogens with zero attached hydrogens (tertiary/aromatic N) is 1. The van der Waals surface area contributed by atoms with E-state index in [1.807, 2.05) is 24.3 Å². The number of carbonyl (C=O) groups excluding carboxylic acids is 2. The van der Waals surface area contributed by atoms with Gasteiger partial charge in [0.2, 0.25) is 5.91 Å². The molecule has 2 unspecified atom stereocenters. The average Bonchev–Trinajstić information content (AvgIpc) is 3.19. The Morgan fingerprint density at radius 2 is 1.94 bits per heavy atom. The first kappa shape index (κ1) is 23.4. The maximum Gasteiger partial charge on any atom is 0.255 e. The predicted octanol–water partition coefficient (Wildman–Crippen LogP) is 5.02. The van der Waals surface area contributed by atoms with E-state index in [0.29, 0.717) is 41.2 Å². The van der Waals surface area contributed by atoms with E-state index in [1.54, 1.807) is 30.2 Å². The van der Waals surface area contributed by atoms with Gasteiger partial charge in [-0.1, -0.05) is 49.2 Å². The second-order valence-corrected chi connectivity index (χ2v) is 9.14. The fraction of sp³-hybridized carbons (Fsp3) is 0.417. The molecule has 1 aliphatic heterocycles. The van der Waals surface area contributed by atoms with Crippen molar-refractivity contribution in [2.24, 2.45) is 11.8 Å². The predicted molar refractivity (Wildman–Crippen MR) is 124 cm³/mol. The van der Waals surface area contributed by atoms with Gasteiger partial charge in [-0.25, -0.2) is 0 Å². The third-order valence-electron chi connectivity index (χ3n) is 5.65. The maximum atomic E-state index is 13.2. The second-order valence-electron chi connectivity index (χ2n) is 8.30. The molecule has 0 aliphatic carbocycles. The molecule has 5 nitrogen and oxygen atoms in total. The van der Waals surface area contributed by atoms with Crippen LogP contribution >= 0.6 is 23.2 Å². The summed E-state index contributed by atoms with van der Waals surface area (Å²) in [5, 5.41) is 3.83. The number of hydrogen-bond acceptors (Lipinski definition) is 3. The number of hydrogen-bond donors (Lipinski definition) is 1. The molecule has 0 saturated carbocycles. The standard InChI is InChI=1S/C24H28Cl2N2O3/c1-15(2)9-10-27-23(29)21-14-28(24(30)19-8-7-17(25)12-22(19)26)13-20(21)16-5-4-6-18(11-16)31-3/h4-8,11-12,15,20-21H,9-10,13-14H2,1-3H3,(H,27,29). The van der Waals surface area contributed by atoms with Crippen LogP contribution in [0.3, 0.4) is 0 Å². The highest BCUT2D eigenvalue weighted by atomic mass is 35.5. The molecular formula is C24H28Cl2N2O3. The van der Waals surface area contributed by atoms with Crippen molar-refractivity contribution in [3.8, 4) is 5.75 Å². The quantitative estimate of drug-likeness (QED) is 0.628. The van der Waals surface area contributed by atoms with Crippen LogP contribution in [-0.4, -0.2) is 43.5 Å². The minimum Gasteiger partial charge on any atom is -0.497 e. The van der Waals surface area contributed by atoms with Crippen LogP contribution in [0.25, 0.3) is 0 Å². The van der Waals surface area contributed by atoms with E-state index >= 15 is 0 Å². The molecule has 2 amide bonds. The third-order valence-corrected chi connectivity index (χ3v) is 6.20. The summed E-state index contributed by atoms with van der Waals surface area (Å²) in [6, 6.07) is 12.5. The number of amides is 2. The van der Waals surface area contributed by atoms with E-state index in [2.05, 4.69) is 19.2 Å². The summed E-state index contributed by atoms with van der Waals surface area (Å²) in [4.78, 5) is 28.0. The summed E-state index contributed by atoms with van der Waals surface area (Å²) in [7, 11) is 1.61. The zero-order chi connectivity index (χ0) is 22.5. The summed E-state index contributed by atoms with van der Waals surface area (Å²) < 4.78 is 5.36. The van der Waals surface area contributed by atoms with Crippen LogP contribution in [0.2, 0.25) is 10.0 Å². The molecule has 2 aromatic carbocycles. The highest BCUT2D eigenvalue weighted by Crippen LogP contribution is 2.36. The van der Waals surface area contributed by atoms with Gasteiger partial charge in [-0.05, 0) is 48.2 Å². The van der Waals surface area contributed by atoms with Gasteiger partial charge >= 0.3 is 0 Å². The minimum atomic E-state index is -0.353. The first-order valence-corrected chi connectivity index (χ1v) is 11.2. The molecule has 1 aliphatic rings. The van der Waals surface area contributed by atoms with Crippen LogP contribution in [-0.2, 0) is 4.79 Å². The summed E-state index contributed by atoms with van der Waals surface area (Å²) in [5.74, 6) is 0.502. The molecule has 1 heterocycles. The average molecular weight is 463 g/mol.